The minimum atomic E-state index is -1.13. The molecule has 0 amide bonds. The molecule has 0 unspecified atom stereocenters. The van der Waals surface area contributed by atoms with E-state index in [1.807, 2.05) is 0 Å². The summed E-state index contributed by atoms with van der Waals surface area (Å²) in [6.07, 6.45) is 2.48. The number of aliphatic hydroxyl groups excluding tert-OH is 1. The van der Waals surface area contributed by atoms with Crippen molar-refractivity contribution in [3.05, 3.63) is 0 Å². The first kappa shape index (κ1) is 10.9. The van der Waals surface area contributed by atoms with Crippen molar-refractivity contribution in [2.75, 3.05) is 0 Å². The highest BCUT2D eigenvalue weighted by Gasteiger charge is 2.19. The lowest BCUT2D eigenvalue weighted by Gasteiger charge is -2.26. The van der Waals surface area contributed by atoms with E-state index in [0.717, 1.165) is 19.3 Å². The topological polar surface area (TPSA) is 40.5 Å². The lowest BCUT2D eigenvalue weighted by atomic mass is 9.80. The molecule has 0 spiro atoms. The van der Waals surface area contributed by atoms with Crippen molar-refractivity contribution in [1.29, 1.82) is 0 Å². The molecule has 0 fully saturated rings. The summed E-state index contributed by atoms with van der Waals surface area (Å²) < 4.78 is 0. The Labute approximate surface area is 69.2 Å². The van der Waals surface area contributed by atoms with Crippen molar-refractivity contribution in [3.8, 4) is 0 Å². The predicted molar refractivity (Wildman–Crippen MR) is 46.1 cm³/mol. The van der Waals surface area contributed by atoms with E-state index in [1.165, 1.54) is 0 Å². The van der Waals surface area contributed by atoms with Gasteiger partial charge >= 0.3 is 0 Å². The fraction of sp³-hybridized carbons (Fsp3) is 1.00. The first-order valence-corrected chi connectivity index (χ1v) is 4.40. The monoisotopic (exact) mass is 160 g/mol. The van der Waals surface area contributed by atoms with Crippen LogP contribution in [-0.2, 0) is 0 Å². The second-order valence-electron chi connectivity index (χ2n) is 3.54. The average molecular weight is 160 g/mol. The normalized spacial score (nSPS) is 12.5. The molecule has 0 rings (SSSR count). The van der Waals surface area contributed by atoms with Gasteiger partial charge in [-0.15, -0.1) is 0 Å². The molecular weight excluding hydrogens is 140 g/mol. The van der Waals surface area contributed by atoms with Gasteiger partial charge in [-0.3, -0.25) is 0 Å². The molecule has 0 heterocycles. The Kier molecular flexibility index (Phi) is 4.69. The van der Waals surface area contributed by atoms with Crippen LogP contribution < -0.4 is 0 Å². The second kappa shape index (κ2) is 4.73. The summed E-state index contributed by atoms with van der Waals surface area (Å²) in [6, 6.07) is 0. The van der Waals surface area contributed by atoms with E-state index in [9.17, 15) is 0 Å². The smallest absolute Gasteiger partial charge is 0.151 e. The summed E-state index contributed by atoms with van der Waals surface area (Å²) in [4.78, 5) is 0. The van der Waals surface area contributed by atoms with E-state index < -0.39 is 6.29 Å². The van der Waals surface area contributed by atoms with Gasteiger partial charge in [0.1, 0.15) is 0 Å². The quantitative estimate of drug-likeness (QED) is 0.603. The highest BCUT2D eigenvalue weighted by atomic mass is 16.5. The molecule has 0 aliphatic rings. The molecular formula is C9H20O2. The zero-order valence-corrected chi connectivity index (χ0v) is 7.80. The molecule has 0 atom stereocenters. The first-order valence-electron chi connectivity index (χ1n) is 4.40. The van der Waals surface area contributed by atoms with Crippen LogP contribution in [0.1, 0.15) is 46.5 Å². The molecule has 0 aromatic heterocycles. The Morgan fingerprint density at radius 3 is 1.91 bits per heavy atom. The molecule has 0 aliphatic heterocycles. The van der Waals surface area contributed by atoms with Gasteiger partial charge in [-0.1, -0.05) is 33.6 Å². The van der Waals surface area contributed by atoms with Crippen LogP contribution in [-0.4, -0.2) is 16.5 Å². The summed E-state index contributed by atoms with van der Waals surface area (Å²) >= 11 is 0. The van der Waals surface area contributed by atoms with Gasteiger partial charge in [0, 0.05) is 0 Å². The fourth-order valence-corrected chi connectivity index (χ4v) is 1.08. The second-order valence-corrected chi connectivity index (χ2v) is 3.54. The lowest BCUT2D eigenvalue weighted by Crippen LogP contribution is -2.17. The van der Waals surface area contributed by atoms with Crippen molar-refractivity contribution in [2.45, 2.75) is 52.7 Å². The average Bonchev–Trinajstić information content (AvgIpc) is 2.00. The van der Waals surface area contributed by atoms with E-state index in [-0.39, 0.29) is 0 Å². The van der Waals surface area contributed by atoms with Gasteiger partial charge in [0.15, 0.2) is 6.29 Å². The summed E-state index contributed by atoms with van der Waals surface area (Å²) in [5, 5.41) is 17.3. The third-order valence-corrected chi connectivity index (χ3v) is 2.71. The molecule has 11 heavy (non-hydrogen) atoms. The van der Waals surface area contributed by atoms with Crippen LogP contribution in [0.4, 0.5) is 0 Å². The maximum absolute atomic E-state index is 8.66. The molecule has 0 aromatic carbocycles. The van der Waals surface area contributed by atoms with Crippen molar-refractivity contribution in [1.82, 2.24) is 0 Å². The Hall–Kier alpha value is -0.0800. The Balaban J connectivity index is 3.69. The molecule has 0 saturated carbocycles. The maximum atomic E-state index is 8.66. The minimum Gasteiger partial charge on any atom is -0.368 e. The van der Waals surface area contributed by atoms with Gasteiger partial charge in [-0.05, 0) is 18.3 Å². The first-order chi connectivity index (χ1) is 5.04. The molecule has 2 N–H and O–H groups in total. The van der Waals surface area contributed by atoms with Crippen LogP contribution in [0.5, 0.6) is 0 Å². The third-order valence-electron chi connectivity index (χ3n) is 2.71. The van der Waals surface area contributed by atoms with Gasteiger partial charge in [0.05, 0.1) is 0 Å². The number of hydrogen-bond donors (Lipinski definition) is 2. The molecule has 2 heteroatoms. The number of hydrogen-bond acceptors (Lipinski definition) is 2. The van der Waals surface area contributed by atoms with Crippen LogP contribution in [0.2, 0.25) is 0 Å². The van der Waals surface area contributed by atoms with Gasteiger partial charge in [0.2, 0.25) is 0 Å². The minimum absolute atomic E-state index is 0.295. The zero-order chi connectivity index (χ0) is 8.91. The van der Waals surface area contributed by atoms with Gasteiger partial charge in [-0.25, -0.2) is 0 Å². The SMILES string of the molecule is CCC(C)(CC)CCC(O)O. The number of rotatable bonds is 5. The molecule has 0 radical (unpaired) electrons. The predicted octanol–water partition coefficient (Wildman–Crippen LogP) is 1.90. The van der Waals surface area contributed by atoms with Crippen LogP contribution in [0.25, 0.3) is 0 Å². The molecule has 0 aromatic rings. The fourth-order valence-electron chi connectivity index (χ4n) is 1.08. The standard InChI is InChI=1S/C9H20O2/c1-4-9(3,5-2)7-6-8(10)11/h8,10-11H,4-7H2,1-3H3. The summed E-state index contributed by atoms with van der Waals surface area (Å²) in [6.45, 7) is 6.48. The molecule has 2 nitrogen and oxygen atoms in total. The van der Waals surface area contributed by atoms with Crippen molar-refractivity contribution in [3.63, 3.8) is 0 Å². The maximum Gasteiger partial charge on any atom is 0.151 e. The van der Waals surface area contributed by atoms with Crippen molar-refractivity contribution >= 4 is 0 Å². The lowest BCUT2D eigenvalue weighted by molar-refractivity contribution is -0.0532. The molecule has 0 aliphatic carbocycles. The van der Waals surface area contributed by atoms with Crippen LogP contribution >= 0.6 is 0 Å². The van der Waals surface area contributed by atoms with E-state index >= 15 is 0 Å². The summed E-state index contributed by atoms with van der Waals surface area (Å²) in [7, 11) is 0. The van der Waals surface area contributed by atoms with E-state index in [1.54, 1.807) is 0 Å². The van der Waals surface area contributed by atoms with Crippen LogP contribution in [0, 0.1) is 5.41 Å². The van der Waals surface area contributed by atoms with Gasteiger partial charge < -0.3 is 10.2 Å². The van der Waals surface area contributed by atoms with Crippen molar-refractivity contribution in [2.24, 2.45) is 5.41 Å². The van der Waals surface area contributed by atoms with E-state index in [2.05, 4.69) is 20.8 Å². The van der Waals surface area contributed by atoms with Crippen molar-refractivity contribution < 1.29 is 10.2 Å². The van der Waals surface area contributed by atoms with Crippen LogP contribution in [0.3, 0.4) is 0 Å². The largest absolute Gasteiger partial charge is 0.368 e. The third kappa shape index (κ3) is 4.38. The zero-order valence-electron chi connectivity index (χ0n) is 7.80. The Morgan fingerprint density at radius 1 is 1.18 bits per heavy atom. The Morgan fingerprint density at radius 2 is 1.64 bits per heavy atom. The van der Waals surface area contributed by atoms with Gasteiger partial charge in [-0.2, -0.15) is 0 Å². The molecule has 0 bridgehead atoms. The number of aliphatic hydroxyl groups is 2. The summed E-state index contributed by atoms with van der Waals surface area (Å²) in [5.41, 5.74) is 0.295. The van der Waals surface area contributed by atoms with E-state index in [4.69, 9.17) is 10.2 Å². The molecule has 0 saturated heterocycles. The van der Waals surface area contributed by atoms with Crippen LogP contribution in [0.15, 0.2) is 0 Å². The highest BCUT2D eigenvalue weighted by Crippen LogP contribution is 2.31. The summed E-state index contributed by atoms with van der Waals surface area (Å²) in [5.74, 6) is 0. The highest BCUT2D eigenvalue weighted by molar-refractivity contribution is 4.70. The van der Waals surface area contributed by atoms with E-state index in [0.29, 0.717) is 11.8 Å². The van der Waals surface area contributed by atoms with Gasteiger partial charge in [0.25, 0.3) is 0 Å². The Bertz CT molecular complexity index is 95.7. The molecule has 68 valence electrons.